The van der Waals surface area contributed by atoms with Crippen LogP contribution in [0.25, 0.3) is 0 Å². The highest BCUT2D eigenvalue weighted by Gasteiger charge is 2.55. The fraction of sp³-hybridized carbons (Fsp3) is 0.458. The molecule has 8 nitrogen and oxygen atoms in total. The third-order valence-corrected chi connectivity index (χ3v) is 6.91. The number of carbonyl (C=O) groups excluding carboxylic acids is 3. The predicted molar refractivity (Wildman–Crippen MR) is 115 cm³/mol. The Morgan fingerprint density at radius 2 is 1.68 bits per heavy atom. The number of hydrogen-bond donors (Lipinski definition) is 0. The van der Waals surface area contributed by atoms with Gasteiger partial charge < -0.3 is 19.0 Å². The Hall–Kier alpha value is -3.27. The number of likely N-dealkylation sites (tertiary alicyclic amines) is 2. The maximum atomic E-state index is 14.1. The summed E-state index contributed by atoms with van der Waals surface area (Å²) in [6.45, 7) is 1.72. The molecule has 0 unspecified atom stereocenters. The lowest BCUT2D eigenvalue weighted by molar-refractivity contribution is -0.136. The molecule has 0 bridgehead atoms. The fourth-order valence-electron chi connectivity index (χ4n) is 5.12. The second-order valence-corrected chi connectivity index (χ2v) is 8.87. The molecular formula is C24H25F2N3O5. The minimum Gasteiger partial charge on any atom is -0.459 e. The molecule has 0 N–H and O–H groups in total. The van der Waals surface area contributed by atoms with Gasteiger partial charge in [0.25, 0.3) is 11.8 Å². The topological polar surface area (TPSA) is 83.3 Å². The van der Waals surface area contributed by atoms with E-state index in [-0.39, 0.29) is 49.8 Å². The smallest absolute Gasteiger partial charge is 0.292 e. The average molecular weight is 473 g/mol. The number of ether oxygens (including phenoxy) is 1. The van der Waals surface area contributed by atoms with Gasteiger partial charge in [0.1, 0.15) is 23.4 Å². The zero-order valence-electron chi connectivity index (χ0n) is 18.5. The summed E-state index contributed by atoms with van der Waals surface area (Å²) in [6, 6.07) is 5.21. The van der Waals surface area contributed by atoms with Gasteiger partial charge in [-0.1, -0.05) is 0 Å². The van der Waals surface area contributed by atoms with Crippen molar-refractivity contribution in [1.82, 2.24) is 14.7 Å². The van der Waals surface area contributed by atoms with Crippen molar-refractivity contribution in [3.05, 3.63) is 59.6 Å². The summed E-state index contributed by atoms with van der Waals surface area (Å²) >= 11 is 0. The highest BCUT2D eigenvalue weighted by molar-refractivity contribution is 5.97. The average Bonchev–Trinajstić information content (AvgIpc) is 3.60. The van der Waals surface area contributed by atoms with Crippen LogP contribution in [0.5, 0.6) is 0 Å². The summed E-state index contributed by atoms with van der Waals surface area (Å²) in [5, 5.41) is 0. The van der Waals surface area contributed by atoms with Crippen molar-refractivity contribution in [1.29, 1.82) is 0 Å². The van der Waals surface area contributed by atoms with Gasteiger partial charge in [-0.25, -0.2) is 8.78 Å². The van der Waals surface area contributed by atoms with Crippen molar-refractivity contribution in [2.45, 2.75) is 37.5 Å². The lowest BCUT2D eigenvalue weighted by atomic mass is 9.96. The normalized spacial score (nSPS) is 21.9. The number of carbonyl (C=O) groups is 3. The number of hydrogen-bond acceptors (Lipinski definition) is 5. The molecule has 2 aromatic rings. The molecular weight excluding hydrogens is 448 g/mol. The summed E-state index contributed by atoms with van der Waals surface area (Å²) < 4.78 is 38.9. The Kier molecular flexibility index (Phi) is 5.85. The van der Waals surface area contributed by atoms with E-state index in [4.69, 9.17) is 9.15 Å². The largest absolute Gasteiger partial charge is 0.459 e. The van der Waals surface area contributed by atoms with Crippen LogP contribution in [0, 0.1) is 11.6 Å². The molecule has 1 atom stereocenters. The number of rotatable bonds is 3. The molecule has 3 aliphatic rings. The van der Waals surface area contributed by atoms with Gasteiger partial charge in [0.15, 0.2) is 5.76 Å². The van der Waals surface area contributed by atoms with Gasteiger partial charge in [-0.05, 0) is 37.1 Å². The Bertz CT molecular complexity index is 1090. The summed E-state index contributed by atoms with van der Waals surface area (Å²) in [5.41, 5.74) is -1.29. The van der Waals surface area contributed by atoms with Gasteiger partial charge >= 0.3 is 0 Å². The summed E-state index contributed by atoms with van der Waals surface area (Å²) in [7, 11) is 0. The van der Waals surface area contributed by atoms with E-state index in [0.29, 0.717) is 19.2 Å². The van der Waals surface area contributed by atoms with Gasteiger partial charge in [-0.3, -0.25) is 19.3 Å². The van der Waals surface area contributed by atoms with Crippen LogP contribution in [0.3, 0.4) is 0 Å². The summed E-state index contributed by atoms with van der Waals surface area (Å²) in [6.07, 6.45) is 3.74. The van der Waals surface area contributed by atoms with Crippen LogP contribution in [-0.4, -0.2) is 77.0 Å². The number of halogens is 2. The highest BCUT2D eigenvalue weighted by Crippen LogP contribution is 2.39. The number of nitrogens with zero attached hydrogens (tertiary/aromatic N) is 3. The van der Waals surface area contributed by atoms with E-state index < -0.39 is 35.2 Å². The molecule has 1 spiro atoms. The predicted octanol–water partition coefficient (Wildman–Crippen LogP) is 2.65. The van der Waals surface area contributed by atoms with Crippen molar-refractivity contribution >= 4 is 17.7 Å². The maximum Gasteiger partial charge on any atom is 0.292 e. The quantitative estimate of drug-likeness (QED) is 0.685. The molecule has 180 valence electrons. The summed E-state index contributed by atoms with van der Waals surface area (Å²) in [4.78, 5) is 44.2. The molecule has 3 aliphatic heterocycles. The van der Waals surface area contributed by atoms with E-state index in [0.717, 1.165) is 25.0 Å². The first-order chi connectivity index (χ1) is 16.4. The number of piperidine rings is 1. The molecule has 0 aliphatic carbocycles. The number of furan rings is 1. The van der Waals surface area contributed by atoms with Crippen LogP contribution < -0.4 is 0 Å². The van der Waals surface area contributed by atoms with E-state index in [1.165, 1.54) is 16.1 Å². The van der Waals surface area contributed by atoms with Gasteiger partial charge in [-0.2, -0.15) is 0 Å². The van der Waals surface area contributed by atoms with Crippen molar-refractivity contribution < 1.29 is 32.3 Å². The van der Waals surface area contributed by atoms with E-state index in [2.05, 4.69) is 0 Å². The fourth-order valence-corrected chi connectivity index (χ4v) is 5.12. The molecule has 34 heavy (non-hydrogen) atoms. The molecule has 3 saturated heterocycles. The molecule has 5 rings (SSSR count). The van der Waals surface area contributed by atoms with Crippen LogP contribution in [0.1, 0.15) is 46.6 Å². The molecule has 1 aromatic heterocycles. The lowest BCUT2D eigenvalue weighted by Gasteiger charge is -2.44. The zero-order chi connectivity index (χ0) is 23.9. The first kappa shape index (κ1) is 22.5. The molecule has 0 radical (unpaired) electrons. The van der Waals surface area contributed by atoms with Crippen LogP contribution in [0.15, 0.2) is 41.0 Å². The van der Waals surface area contributed by atoms with Crippen LogP contribution in [0.4, 0.5) is 8.78 Å². The Morgan fingerprint density at radius 3 is 2.32 bits per heavy atom. The van der Waals surface area contributed by atoms with E-state index in [9.17, 15) is 23.2 Å². The number of amides is 3. The van der Waals surface area contributed by atoms with Gasteiger partial charge in [0.2, 0.25) is 5.91 Å². The van der Waals surface area contributed by atoms with Gasteiger partial charge in [0, 0.05) is 45.1 Å². The van der Waals surface area contributed by atoms with Crippen LogP contribution >= 0.6 is 0 Å². The monoisotopic (exact) mass is 473 g/mol. The highest BCUT2D eigenvalue weighted by atomic mass is 19.1. The molecule has 0 saturated carbocycles. The van der Waals surface area contributed by atoms with Crippen LogP contribution in [-0.2, 0) is 9.53 Å². The molecule has 3 amide bonds. The Labute approximate surface area is 195 Å². The first-order valence-corrected chi connectivity index (χ1v) is 11.4. The second-order valence-electron chi connectivity index (χ2n) is 8.87. The van der Waals surface area contributed by atoms with Crippen molar-refractivity contribution in [3.8, 4) is 0 Å². The van der Waals surface area contributed by atoms with E-state index in [1.54, 1.807) is 17.0 Å². The van der Waals surface area contributed by atoms with Gasteiger partial charge in [0.05, 0.1) is 18.4 Å². The SMILES string of the molecule is O=C(c1ccc(F)cc1F)N1CCC2(CC1)OC[C@H](C(=O)N1CCCC1)N2C(=O)c1ccco1. The summed E-state index contributed by atoms with van der Waals surface area (Å²) in [5.74, 6) is -2.72. The van der Waals surface area contributed by atoms with Crippen molar-refractivity contribution in [3.63, 3.8) is 0 Å². The lowest BCUT2D eigenvalue weighted by Crippen LogP contribution is -2.60. The minimum atomic E-state index is -1.08. The molecule has 1 aromatic carbocycles. The van der Waals surface area contributed by atoms with Crippen LogP contribution in [0.2, 0.25) is 0 Å². The first-order valence-electron chi connectivity index (χ1n) is 11.4. The number of benzene rings is 1. The van der Waals surface area contributed by atoms with E-state index >= 15 is 0 Å². The molecule has 10 heteroatoms. The van der Waals surface area contributed by atoms with Gasteiger partial charge in [-0.15, -0.1) is 0 Å². The Morgan fingerprint density at radius 1 is 0.941 bits per heavy atom. The third kappa shape index (κ3) is 3.85. The van der Waals surface area contributed by atoms with E-state index in [1.807, 2.05) is 0 Å². The minimum absolute atomic E-state index is 0.0579. The van der Waals surface area contributed by atoms with Crippen molar-refractivity contribution in [2.75, 3.05) is 32.8 Å². The Balaban J connectivity index is 1.37. The standard InChI is InChI=1S/C24H25F2N3O5/c25-16-5-6-17(18(26)14-16)21(30)28-11-7-24(8-12-28)29(23(32)20-4-3-13-33-20)19(15-34-24)22(31)27-9-1-2-10-27/h3-6,13-14,19H,1-2,7-12,15H2/t19-/m1/s1. The third-order valence-electron chi connectivity index (χ3n) is 6.91. The zero-order valence-corrected chi connectivity index (χ0v) is 18.5. The second kappa shape index (κ2) is 8.83. The maximum absolute atomic E-state index is 14.1. The molecule has 4 heterocycles. The molecule has 3 fully saturated rings. The van der Waals surface area contributed by atoms with Crippen molar-refractivity contribution in [2.24, 2.45) is 0 Å².